The van der Waals surface area contributed by atoms with Gasteiger partial charge in [0.05, 0.1) is 12.2 Å². The molecule has 25 heavy (non-hydrogen) atoms. The quantitative estimate of drug-likeness (QED) is 0.810. The molecule has 4 rings (SSSR count). The van der Waals surface area contributed by atoms with Crippen molar-refractivity contribution in [1.82, 2.24) is 14.8 Å². The van der Waals surface area contributed by atoms with Gasteiger partial charge in [-0.1, -0.05) is 25.4 Å². The maximum atomic E-state index is 11.0. The summed E-state index contributed by atoms with van der Waals surface area (Å²) in [5.74, 6) is 2.28. The van der Waals surface area contributed by atoms with Gasteiger partial charge >= 0.3 is 5.97 Å². The lowest BCUT2D eigenvalue weighted by atomic mass is 9.90. The second kappa shape index (κ2) is 7.04. The number of halogens is 1. The van der Waals surface area contributed by atoms with Crippen LogP contribution in [-0.2, 0) is 0 Å². The van der Waals surface area contributed by atoms with Crippen LogP contribution in [0.15, 0.2) is 24.4 Å². The third-order valence-corrected chi connectivity index (χ3v) is 5.48. The fourth-order valence-corrected chi connectivity index (χ4v) is 4.23. The molecule has 2 heterocycles. The van der Waals surface area contributed by atoms with Crippen LogP contribution in [0.5, 0.6) is 5.88 Å². The van der Waals surface area contributed by atoms with E-state index in [1.54, 1.807) is 18.3 Å². The van der Waals surface area contributed by atoms with Gasteiger partial charge in [0.25, 0.3) is 0 Å². The molecule has 7 heteroatoms. The van der Waals surface area contributed by atoms with E-state index in [0.717, 1.165) is 11.8 Å². The number of rotatable bonds is 5. The Labute approximate surface area is 151 Å². The molecule has 2 saturated carbocycles. The van der Waals surface area contributed by atoms with Gasteiger partial charge in [-0.3, -0.25) is 0 Å². The minimum Gasteiger partial charge on any atom is -0.478 e. The van der Waals surface area contributed by atoms with Crippen molar-refractivity contribution in [3.05, 3.63) is 35.1 Å². The lowest BCUT2D eigenvalue weighted by Crippen LogP contribution is -2.18. The molecule has 0 amide bonds. The van der Waals surface area contributed by atoms with Crippen LogP contribution in [0.3, 0.4) is 0 Å². The van der Waals surface area contributed by atoms with E-state index in [1.807, 2.05) is 0 Å². The average Bonchev–Trinajstić information content (AvgIpc) is 3.29. The molecule has 0 radical (unpaired) electrons. The number of carbonyl (C=O) groups is 1. The highest BCUT2D eigenvalue weighted by Crippen LogP contribution is 2.48. The van der Waals surface area contributed by atoms with Crippen LogP contribution < -0.4 is 4.74 Å². The third kappa shape index (κ3) is 3.49. The number of hydrogen-bond acceptors (Lipinski definition) is 4. The summed E-state index contributed by atoms with van der Waals surface area (Å²) >= 11 is 5.90. The van der Waals surface area contributed by atoms with Gasteiger partial charge in [0.2, 0.25) is 5.88 Å². The molecule has 2 aliphatic rings. The standard InChI is InChI=1S/C17H18ClN3O3.CH4/c18-16-13(17(22)23)3-4-14(19-16)21-6-5-15(20-21)24-9-12-8-10-1-2-11(12)7-10;/h3-6,10-12H,1-2,7-9H2,(H,22,23);1H4. The van der Waals surface area contributed by atoms with Crippen molar-refractivity contribution in [2.75, 3.05) is 6.61 Å². The molecule has 2 bridgehead atoms. The minimum absolute atomic E-state index is 0. The molecule has 134 valence electrons. The summed E-state index contributed by atoms with van der Waals surface area (Å²) in [7, 11) is 0. The van der Waals surface area contributed by atoms with Gasteiger partial charge in [0, 0.05) is 12.3 Å². The molecule has 0 aromatic carbocycles. The Kier molecular flexibility index (Phi) is 4.99. The van der Waals surface area contributed by atoms with E-state index >= 15 is 0 Å². The van der Waals surface area contributed by atoms with Crippen LogP contribution in [0.25, 0.3) is 5.82 Å². The maximum Gasteiger partial charge on any atom is 0.338 e. The number of aromatic carboxylic acids is 1. The molecule has 3 unspecified atom stereocenters. The van der Waals surface area contributed by atoms with E-state index in [9.17, 15) is 4.79 Å². The van der Waals surface area contributed by atoms with Crippen LogP contribution in [0.1, 0.15) is 43.5 Å². The van der Waals surface area contributed by atoms with E-state index in [0.29, 0.717) is 24.2 Å². The Hall–Kier alpha value is -2.08. The average molecular weight is 364 g/mol. The SMILES string of the molecule is C.O=C(O)c1ccc(-n2ccc(OCC3CC4CCC3C4)n2)nc1Cl. The number of ether oxygens (including phenoxy) is 1. The zero-order valence-electron chi connectivity index (χ0n) is 13.1. The number of aromatic nitrogens is 3. The van der Waals surface area contributed by atoms with Crippen LogP contribution in [0, 0.1) is 17.8 Å². The Morgan fingerprint density at radius 3 is 2.80 bits per heavy atom. The zero-order chi connectivity index (χ0) is 16.7. The molecule has 3 atom stereocenters. The molecule has 2 aliphatic carbocycles. The summed E-state index contributed by atoms with van der Waals surface area (Å²) in [5.41, 5.74) is -0.0275. The summed E-state index contributed by atoms with van der Waals surface area (Å²) in [4.78, 5) is 15.0. The number of carboxylic acids is 1. The fourth-order valence-electron chi connectivity index (χ4n) is 4.00. The van der Waals surface area contributed by atoms with Crippen LogP contribution in [-0.4, -0.2) is 32.4 Å². The molecule has 0 aliphatic heterocycles. The summed E-state index contributed by atoms with van der Waals surface area (Å²) < 4.78 is 7.39. The van der Waals surface area contributed by atoms with E-state index in [-0.39, 0.29) is 18.1 Å². The summed E-state index contributed by atoms with van der Waals surface area (Å²) in [5, 5.41) is 13.3. The Morgan fingerprint density at radius 1 is 1.32 bits per heavy atom. The van der Waals surface area contributed by atoms with Crippen LogP contribution in [0.4, 0.5) is 0 Å². The molecule has 2 fully saturated rings. The van der Waals surface area contributed by atoms with E-state index in [4.69, 9.17) is 21.4 Å². The van der Waals surface area contributed by atoms with Crippen LogP contribution >= 0.6 is 11.6 Å². The van der Waals surface area contributed by atoms with Gasteiger partial charge < -0.3 is 9.84 Å². The van der Waals surface area contributed by atoms with Gasteiger partial charge in [-0.25, -0.2) is 14.5 Å². The van der Waals surface area contributed by atoms with Crippen molar-refractivity contribution in [2.45, 2.75) is 33.1 Å². The van der Waals surface area contributed by atoms with E-state index in [2.05, 4.69) is 10.1 Å². The number of carboxylic acid groups (broad SMARTS) is 1. The Morgan fingerprint density at radius 2 is 2.16 bits per heavy atom. The summed E-state index contributed by atoms with van der Waals surface area (Å²) in [6.07, 6.45) is 7.09. The Balaban J connectivity index is 0.00000182. The highest BCUT2D eigenvalue weighted by molar-refractivity contribution is 6.32. The van der Waals surface area contributed by atoms with Gasteiger partial charge in [-0.15, -0.1) is 5.10 Å². The predicted molar refractivity (Wildman–Crippen MR) is 94.5 cm³/mol. The first-order valence-corrected chi connectivity index (χ1v) is 8.56. The monoisotopic (exact) mass is 363 g/mol. The topological polar surface area (TPSA) is 77.2 Å². The van der Waals surface area contributed by atoms with Gasteiger partial charge in [0.1, 0.15) is 5.15 Å². The Bertz CT molecular complexity index is 777. The molecule has 0 spiro atoms. The summed E-state index contributed by atoms with van der Waals surface area (Å²) in [6.45, 7) is 0.713. The number of hydrogen-bond donors (Lipinski definition) is 1. The lowest BCUT2D eigenvalue weighted by Gasteiger charge is -2.20. The highest BCUT2D eigenvalue weighted by atomic mass is 35.5. The molecular formula is C18H22ClN3O3. The normalized spacial score (nSPS) is 24.1. The van der Waals surface area contributed by atoms with Crippen molar-refractivity contribution in [1.29, 1.82) is 0 Å². The number of pyridine rings is 1. The molecule has 6 nitrogen and oxygen atoms in total. The molecule has 2 aromatic heterocycles. The molecule has 2 aromatic rings. The first-order valence-electron chi connectivity index (χ1n) is 8.19. The van der Waals surface area contributed by atoms with Gasteiger partial charge in [-0.2, -0.15) is 0 Å². The smallest absolute Gasteiger partial charge is 0.338 e. The van der Waals surface area contributed by atoms with Crippen molar-refractivity contribution in [3.63, 3.8) is 0 Å². The van der Waals surface area contributed by atoms with Gasteiger partial charge in [0.15, 0.2) is 5.82 Å². The fraction of sp³-hybridized carbons (Fsp3) is 0.500. The van der Waals surface area contributed by atoms with Crippen molar-refractivity contribution >= 4 is 17.6 Å². The second-order valence-electron chi connectivity index (χ2n) is 6.66. The minimum atomic E-state index is -1.10. The predicted octanol–water partition coefficient (Wildman–Crippen LogP) is 4.07. The van der Waals surface area contributed by atoms with E-state index in [1.165, 1.54) is 36.4 Å². The first-order chi connectivity index (χ1) is 11.6. The zero-order valence-corrected chi connectivity index (χ0v) is 13.8. The lowest BCUT2D eigenvalue weighted by molar-refractivity contribution is 0.0696. The highest BCUT2D eigenvalue weighted by Gasteiger charge is 2.39. The van der Waals surface area contributed by atoms with E-state index < -0.39 is 5.97 Å². The number of nitrogens with zero attached hydrogens (tertiary/aromatic N) is 3. The molecular weight excluding hydrogens is 342 g/mol. The second-order valence-corrected chi connectivity index (χ2v) is 7.02. The molecule has 0 saturated heterocycles. The van der Waals surface area contributed by atoms with Crippen molar-refractivity contribution < 1.29 is 14.6 Å². The maximum absolute atomic E-state index is 11.0. The number of fused-ring (bicyclic) bond motifs is 2. The largest absolute Gasteiger partial charge is 0.478 e. The van der Waals surface area contributed by atoms with Crippen molar-refractivity contribution in [3.8, 4) is 11.7 Å². The molecule has 1 N–H and O–H groups in total. The van der Waals surface area contributed by atoms with Crippen molar-refractivity contribution in [2.24, 2.45) is 17.8 Å². The van der Waals surface area contributed by atoms with Crippen LogP contribution in [0.2, 0.25) is 5.15 Å². The summed E-state index contributed by atoms with van der Waals surface area (Å²) in [6, 6.07) is 4.78. The third-order valence-electron chi connectivity index (χ3n) is 5.19. The first kappa shape index (κ1) is 17.7. The van der Waals surface area contributed by atoms with Gasteiger partial charge in [-0.05, 0) is 49.1 Å².